The van der Waals surface area contributed by atoms with Gasteiger partial charge in [0.1, 0.15) is 28.8 Å². The molecule has 23 heteroatoms. The van der Waals surface area contributed by atoms with Crippen LogP contribution in [-0.2, 0) is 36.0 Å². The monoisotopic (exact) mass is 634 g/mol. The molecular formula is C17H14O20S3-6. The highest BCUT2D eigenvalue weighted by atomic mass is 32.3. The molecule has 226 valence electrons. The number of rotatable bonds is 1. The fourth-order valence-electron chi connectivity index (χ4n) is 2.14. The lowest BCUT2D eigenvalue weighted by Gasteiger charge is -2.08. The molecule has 40 heavy (non-hydrogen) atoms. The van der Waals surface area contributed by atoms with Crippen LogP contribution in [0.25, 0.3) is 22.3 Å². The van der Waals surface area contributed by atoms with Crippen LogP contribution in [0, 0.1) is 0 Å². The summed E-state index contributed by atoms with van der Waals surface area (Å²) in [5.74, 6) is -2.71. The Hall–Kier alpha value is -4.07. The fourth-order valence-corrected chi connectivity index (χ4v) is 2.14. The Balaban J connectivity index is 0. The second-order valence-corrected chi connectivity index (χ2v) is 8.56. The molecule has 0 saturated heterocycles. The lowest BCUT2D eigenvalue weighted by atomic mass is 10.1. The van der Waals surface area contributed by atoms with Crippen molar-refractivity contribution in [2.75, 3.05) is 0 Å². The first-order valence-corrected chi connectivity index (χ1v) is 12.9. The van der Waals surface area contributed by atoms with Crippen LogP contribution in [-0.4, -0.2) is 84.4 Å². The van der Waals surface area contributed by atoms with Crippen molar-refractivity contribution >= 4 is 48.5 Å². The molecular weight excluding hydrogens is 620 g/mol. The fraction of sp³-hybridized carbons (Fsp3) is 0.0588. The zero-order chi connectivity index (χ0) is 32.2. The lowest BCUT2D eigenvalue weighted by Crippen LogP contribution is -2.02. The predicted molar refractivity (Wildman–Crippen MR) is 119 cm³/mol. The largest absolute Gasteiger partial charge is 0.759 e. The lowest BCUT2D eigenvalue weighted by molar-refractivity contribution is -0.106. The molecule has 0 bridgehead atoms. The van der Waals surface area contributed by atoms with E-state index in [2.05, 4.69) is 0 Å². The van der Waals surface area contributed by atoms with Crippen molar-refractivity contribution in [1.82, 2.24) is 0 Å². The Bertz CT molecular complexity index is 1590. The van der Waals surface area contributed by atoms with Crippen molar-refractivity contribution in [3.8, 4) is 40.1 Å². The highest BCUT2D eigenvalue weighted by Crippen LogP contribution is 2.37. The van der Waals surface area contributed by atoms with E-state index in [1.54, 1.807) is 0 Å². The smallest absolute Gasteiger partial charge is 0.238 e. The first kappa shape index (κ1) is 38.1. The van der Waals surface area contributed by atoms with Gasteiger partial charge < -0.3 is 62.1 Å². The average molecular weight is 634 g/mol. The Morgan fingerprint density at radius 1 is 0.700 bits per heavy atom. The van der Waals surface area contributed by atoms with E-state index in [4.69, 9.17) is 61.8 Å². The number of fused-ring (bicyclic) bond motifs is 1. The van der Waals surface area contributed by atoms with Gasteiger partial charge in [-0.3, -0.25) is 30.0 Å². The minimum absolute atomic E-state index is 0.134. The van der Waals surface area contributed by atoms with Gasteiger partial charge in [-0.05, 0) is 25.1 Å². The number of hydrogen-bond donors (Lipinski definition) is 5. The molecule has 0 saturated carbocycles. The summed E-state index contributed by atoms with van der Waals surface area (Å²) in [6, 6.07) is 5.64. The van der Waals surface area contributed by atoms with E-state index in [1.165, 1.54) is 13.0 Å². The van der Waals surface area contributed by atoms with Crippen molar-refractivity contribution in [2.45, 2.75) is 6.92 Å². The summed E-state index contributed by atoms with van der Waals surface area (Å²) in [5, 5.41) is 47.6. The molecule has 3 rings (SSSR count). The Morgan fingerprint density at radius 2 is 1.10 bits per heavy atom. The highest BCUT2D eigenvalue weighted by Gasteiger charge is 2.19. The molecule has 2 aromatic carbocycles. The molecule has 0 radical (unpaired) electrons. The zero-order valence-corrected chi connectivity index (χ0v) is 21.5. The molecule has 0 aliphatic rings. The Labute approximate surface area is 223 Å². The third kappa shape index (κ3) is 18.2. The van der Waals surface area contributed by atoms with Crippen LogP contribution in [0.2, 0.25) is 0 Å². The zero-order valence-electron chi connectivity index (χ0n) is 19.0. The van der Waals surface area contributed by atoms with Gasteiger partial charge >= 0.3 is 0 Å². The maximum absolute atomic E-state index is 12.1. The summed E-state index contributed by atoms with van der Waals surface area (Å²) < 4.78 is 108. The van der Waals surface area contributed by atoms with Gasteiger partial charge in [0.25, 0.3) is 0 Å². The number of hydrogen-bond acceptors (Lipinski definition) is 20. The van der Waals surface area contributed by atoms with Gasteiger partial charge in [-0.1, -0.05) is 0 Å². The van der Waals surface area contributed by atoms with Crippen molar-refractivity contribution < 1.29 is 87.3 Å². The minimum atomic E-state index is -5.17. The molecule has 0 unspecified atom stereocenters. The summed E-state index contributed by atoms with van der Waals surface area (Å²) in [7, 11) is -15.5. The summed E-state index contributed by atoms with van der Waals surface area (Å²) >= 11 is 0. The summed E-state index contributed by atoms with van der Waals surface area (Å²) in [6.07, 6.45) is 0.750. The Morgan fingerprint density at radius 3 is 1.48 bits per heavy atom. The van der Waals surface area contributed by atoms with Crippen LogP contribution in [0.5, 0.6) is 28.7 Å². The van der Waals surface area contributed by atoms with Crippen LogP contribution < -0.4 is 5.43 Å². The van der Waals surface area contributed by atoms with Gasteiger partial charge in [-0.25, -0.2) is 0 Å². The van der Waals surface area contributed by atoms with Gasteiger partial charge in [0.15, 0.2) is 17.3 Å². The van der Waals surface area contributed by atoms with E-state index in [9.17, 15) is 30.3 Å². The van der Waals surface area contributed by atoms with Crippen LogP contribution in [0.4, 0.5) is 0 Å². The molecule has 20 nitrogen and oxygen atoms in total. The molecule has 5 N–H and O–H groups in total. The van der Waals surface area contributed by atoms with Crippen molar-refractivity contribution in [3.05, 3.63) is 40.6 Å². The van der Waals surface area contributed by atoms with Crippen molar-refractivity contribution in [3.63, 3.8) is 0 Å². The number of phenolic OH excluding ortho intramolecular Hbond substituents is 4. The molecule has 1 heterocycles. The maximum Gasteiger partial charge on any atom is 0.238 e. The maximum atomic E-state index is 12.1. The van der Waals surface area contributed by atoms with Gasteiger partial charge in [0, 0.05) is 48.9 Å². The van der Waals surface area contributed by atoms with E-state index >= 15 is 0 Å². The van der Waals surface area contributed by atoms with Crippen molar-refractivity contribution in [2.24, 2.45) is 0 Å². The molecule has 1 aromatic heterocycles. The van der Waals surface area contributed by atoms with Gasteiger partial charge in [0.05, 0.1) is 0 Å². The van der Waals surface area contributed by atoms with E-state index in [0.717, 1.165) is 30.6 Å². The third-order valence-corrected chi connectivity index (χ3v) is 3.17. The number of phenols is 4. The standard InChI is InChI=1S/C15H10O7.C2H4O.3H2O4S/c16-7-4-10(19)12-11(5-7)22-15(14(21)13(12)20)6-1-2-8(17)9(18)3-6;1-2-3;3*1-5(2,3)4/h1-5,16-19,21H;2H,1H3;3*(H2,1,2,3,4)/p-6. The normalized spacial score (nSPS) is 10.7. The number of aldehydes is 1. The number of benzene rings is 2. The summed E-state index contributed by atoms with van der Waals surface area (Å²) in [4.78, 5) is 20.9. The van der Waals surface area contributed by atoms with Gasteiger partial charge in [0.2, 0.25) is 11.2 Å². The van der Waals surface area contributed by atoms with Crippen LogP contribution in [0.15, 0.2) is 39.5 Å². The second-order valence-electron chi connectivity index (χ2n) is 6.11. The first-order chi connectivity index (χ1) is 17.8. The summed E-state index contributed by atoms with van der Waals surface area (Å²) in [6.45, 7) is 1.44. The van der Waals surface area contributed by atoms with E-state index in [1.807, 2.05) is 0 Å². The van der Waals surface area contributed by atoms with E-state index in [-0.39, 0.29) is 33.8 Å². The van der Waals surface area contributed by atoms with Crippen LogP contribution in [0.3, 0.4) is 0 Å². The number of carbonyl (C=O) groups is 1. The molecule has 0 atom stereocenters. The minimum Gasteiger partial charge on any atom is -0.759 e. The van der Waals surface area contributed by atoms with Gasteiger partial charge in [-0.15, -0.1) is 0 Å². The predicted octanol–water partition coefficient (Wildman–Crippen LogP) is -1.82. The average Bonchev–Trinajstić information content (AvgIpc) is 2.69. The van der Waals surface area contributed by atoms with Crippen molar-refractivity contribution in [1.29, 1.82) is 0 Å². The van der Waals surface area contributed by atoms with Crippen LogP contribution in [0.1, 0.15) is 6.92 Å². The molecule has 0 amide bonds. The topological polar surface area (TPSA) is 389 Å². The molecule has 0 fully saturated rings. The summed E-state index contributed by atoms with van der Waals surface area (Å²) in [5.41, 5.74) is -0.890. The van der Waals surface area contributed by atoms with Crippen LogP contribution >= 0.6 is 0 Å². The second kappa shape index (κ2) is 15.5. The SMILES string of the molecule is CC=O.O=S(=O)([O-])[O-].O=S(=O)([O-])[O-].O=S(=O)([O-])[O-].O=c1c(O)c(-c2ccc(O)c(O)c2)oc2cc(O)cc(O)c12. The first-order valence-electron chi connectivity index (χ1n) is 8.94. The molecule has 0 spiro atoms. The molecule has 0 aliphatic heterocycles. The molecule has 3 aromatic rings. The highest BCUT2D eigenvalue weighted by molar-refractivity contribution is 7.80. The van der Waals surface area contributed by atoms with Gasteiger partial charge in [-0.2, -0.15) is 0 Å². The third-order valence-electron chi connectivity index (χ3n) is 3.17. The van der Waals surface area contributed by atoms with E-state index in [0.29, 0.717) is 0 Å². The van der Waals surface area contributed by atoms with E-state index < -0.39 is 53.9 Å². The number of aromatic hydroxyl groups is 5. The number of carbonyl (C=O) groups excluding carboxylic acids is 1. The Kier molecular flexibility index (Phi) is 14.8. The molecule has 0 aliphatic carbocycles. The quantitative estimate of drug-likeness (QED) is 0.0850.